The molecule has 110 valence electrons. The maximum atomic E-state index is 10.7. The summed E-state index contributed by atoms with van der Waals surface area (Å²) in [5.41, 5.74) is -0.0688. The first-order valence-corrected chi connectivity index (χ1v) is 7.20. The molecule has 1 heterocycles. The second-order valence-electron chi connectivity index (χ2n) is 4.85. The number of aromatic nitrogens is 1. The quantitative estimate of drug-likeness (QED) is 0.377. The van der Waals surface area contributed by atoms with Gasteiger partial charge in [0.2, 0.25) is 0 Å². The molecule has 1 fully saturated rings. The summed E-state index contributed by atoms with van der Waals surface area (Å²) in [7, 11) is 0. The molecule has 0 saturated heterocycles. The molecule has 1 N–H and O–H groups in total. The molecule has 0 bridgehead atoms. The number of hydrogen-bond acceptors (Lipinski definition) is 5. The fraction of sp³-hybridized carbons (Fsp3) is 0.615. The molecule has 0 atom stereocenters. The van der Waals surface area contributed by atoms with Crippen LogP contribution in [0.2, 0.25) is 5.15 Å². The molecule has 6 nitrogen and oxygen atoms in total. The van der Waals surface area contributed by atoms with Gasteiger partial charge >= 0.3 is 0 Å². The molecule has 2 rings (SSSR count). The van der Waals surface area contributed by atoms with Crippen molar-refractivity contribution in [2.75, 3.05) is 18.5 Å². The molecule has 0 amide bonds. The van der Waals surface area contributed by atoms with Gasteiger partial charge in [0.25, 0.3) is 5.69 Å². The van der Waals surface area contributed by atoms with Gasteiger partial charge in [0, 0.05) is 6.54 Å². The van der Waals surface area contributed by atoms with Crippen LogP contribution in [0.4, 0.5) is 11.5 Å². The maximum Gasteiger partial charge on any atom is 0.276 e. The number of halogens is 1. The van der Waals surface area contributed by atoms with Gasteiger partial charge in [-0.05, 0) is 12.8 Å². The molecule has 20 heavy (non-hydrogen) atoms. The first-order chi connectivity index (χ1) is 9.65. The predicted octanol–water partition coefficient (Wildman–Crippen LogP) is 3.40. The Morgan fingerprint density at radius 1 is 1.40 bits per heavy atom. The maximum absolute atomic E-state index is 10.7. The third-order valence-corrected chi connectivity index (χ3v) is 3.50. The lowest BCUT2D eigenvalue weighted by Gasteiger charge is -2.22. The number of nitrogens with one attached hydrogen (secondary N) is 1. The van der Waals surface area contributed by atoms with Gasteiger partial charge in [0.1, 0.15) is 11.0 Å². The zero-order valence-corrected chi connectivity index (χ0v) is 11.9. The van der Waals surface area contributed by atoms with E-state index < -0.39 is 4.92 Å². The Labute approximate surface area is 122 Å². The standard InChI is InChI=1S/C13H18ClN3O3/c14-12-8-10(17(18)19)9-13(16-12)15-6-7-20-11-4-2-1-3-5-11/h8-9,11H,1-7H2,(H,15,16). The van der Waals surface area contributed by atoms with Gasteiger partial charge in [-0.25, -0.2) is 4.98 Å². The summed E-state index contributed by atoms with van der Waals surface area (Å²) >= 11 is 5.74. The number of hydrogen-bond donors (Lipinski definition) is 1. The molecular formula is C13H18ClN3O3. The largest absolute Gasteiger partial charge is 0.376 e. The minimum Gasteiger partial charge on any atom is -0.376 e. The highest BCUT2D eigenvalue weighted by atomic mass is 35.5. The first-order valence-electron chi connectivity index (χ1n) is 6.82. The van der Waals surface area contributed by atoms with E-state index in [0.717, 1.165) is 12.8 Å². The van der Waals surface area contributed by atoms with Crippen LogP contribution in [-0.4, -0.2) is 29.2 Å². The summed E-state index contributed by atoms with van der Waals surface area (Å²) in [5.74, 6) is 0.399. The molecule has 7 heteroatoms. The first kappa shape index (κ1) is 15.0. The predicted molar refractivity (Wildman–Crippen MR) is 77.2 cm³/mol. The molecule has 1 aromatic heterocycles. The van der Waals surface area contributed by atoms with Crippen LogP contribution in [0.3, 0.4) is 0 Å². The highest BCUT2D eigenvalue weighted by Crippen LogP contribution is 2.21. The number of rotatable bonds is 6. The van der Waals surface area contributed by atoms with E-state index in [1.807, 2.05) is 0 Å². The Balaban J connectivity index is 1.77. The molecule has 0 spiro atoms. The highest BCUT2D eigenvalue weighted by Gasteiger charge is 2.13. The van der Waals surface area contributed by atoms with Crippen LogP contribution in [0.25, 0.3) is 0 Å². The van der Waals surface area contributed by atoms with Gasteiger partial charge in [0.15, 0.2) is 0 Å². The van der Waals surface area contributed by atoms with Gasteiger partial charge in [-0.1, -0.05) is 30.9 Å². The Morgan fingerprint density at radius 3 is 2.85 bits per heavy atom. The molecule has 0 aromatic carbocycles. The SMILES string of the molecule is O=[N+]([O-])c1cc(Cl)nc(NCCOC2CCCCC2)c1. The van der Waals surface area contributed by atoms with Gasteiger partial charge in [-0.15, -0.1) is 0 Å². The van der Waals surface area contributed by atoms with Crippen molar-refractivity contribution in [1.82, 2.24) is 4.98 Å². The van der Waals surface area contributed by atoms with E-state index in [-0.39, 0.29) is 10.8 Å². The van der Waals surface area contributed by atoms with Gasteiger partial charge in [-0.2, -0.15) is 0 Å². The zero-order valence-electron chi connectivity index (χ0n) is 11.2. The topological polar surface area (TPSA) is 77.3 Å². The third kappa shape index (κ3) is 4.61. The molecule has 1 saturated carbocycles. The molecular weight excluding hydrogens is 282 g/mol. The van der Waals surface area contributed by atoms with E-state index in [9.17, 15) is 10.1 Å². The van der Waals surface area contributed by atoms with Crippen LogP contribution in [-0.2, 0) is 4.74 Å². The fourth-order valence-electron chi connectivity index (χ4n) is 2.32. The summed E-state index contributed by atoms with van der Waals surface area (Å²) in [6.07, 6.45) is 6.38. The van der Waals surface area contributed by atoms with Crippen molar-refractivity contribution >= 4 is 23.1 Å². The van der Waals surface area contributed by atoms with E-state index in [1.54, 1.807) is 0 Å². The Kier molecular flexibility index (Phi) is 5.55. The van der Waals surface area contributed by atoms with Crippen molar-refractivity contribution in [2.24, 2.45) is 0 Å². The van der Waals surface area contributed by atoms with E-state index in [2.05, 4.69) is 10.3 Å². The van der Waals surface area contributed by atoms with Crippen LogP contribution >= 0.6 is 11.6 Å². The van der Waals surface area contributed by atoms with Crippen LogP contribution in [0.15, 0.2) is 12.1 Å². The van der Waals surface area contributed by atoms with Crippen molar-refractivity contribution in [3.8, 4) is 0 Å². The van der Waals surface area contributed by atoms with Gasteiger partial charge in [0.05, 0.1) is 29.8 Å². The number of nitrogens with zero attached hydrogens (tertiary/aromatic N) is 2. The van der Waals surface area contributed by atoms with Crippen molar-refractivity contribution in [2.45, 2.75) is 38.2 Å². The average Bonchev–Trinajstić information content (AvgIpc) is 2.44. The highest BCUT2D eigenvalue weighted by molar-refractivity contribution is 6.29. The number of ether oxygens (including phenoxy) is 1. The number of pyridine rings is 1. The minimum absolute atomic E-state index is 0.0688. The summed E-state index contributed by atoms with van der Waals surface area (Å²) < 4.78 is 5.76. The lowest BCUT2D eigenvalue weighted by Crippen LogP contribution is -2.20. The normalized spacial score (nSPS) is 16.1. The van der Waals surface area contributed by atoms with Gasteiger partial charge < -0.3 is 10.1 Å². The number of anilines is 1. The van der Waals surface area contributed by atoms with Crippen molar-refractivity contribution in [1.29, 1.82) is 0 Å². The van der Waals surface area contributed by atoms with E-state index >= 15 is 0 Å². The third-order valence-electron chi connectivity index (χ3n) is 3.30. The summed E-state index contributed by atoms with van der Waals surface area (Å²) in [6, 6.07) is 2.59. The molecule has 0 unspecified atom stereocenters. The second-order valence-corrected chi connectivity index (χ2v) is 5.24. The van der Waals surface area contributed by atoms with Crippen LogP contribution < -0.4 is 5.32 Å². The van der Waals surface area contributed by atoms with Crippen LogP contribution in [0.1, 0.15) is 32.1 Å². The minimum atomic E-state index is -0.489. The summed E-state index contributed by atoms with van der Waals surface area (Å²) in [6.45, 7) is 1.12. The van der Waals surface area contributed by atoms with Crippen LogP contribution in [0.5, 0.6) is 0 Å². The average molecular weight is 300 g/mol. The Hall–Kier alpha value is -1.40. The van der Waals surface area contributed by atoms with E-state index in [0.29, 0.717) is 25.1 Å². The second kappa shape index (κ2) is 7.40. The zero-order chi connectivity index (χ0) is 14.4. The molecule has 0 radical (unpaired) electrons. The molecule has 1 aromatic rings. The monoisotopic (exact) mass is 299 g/mol. The van der Waals surface area contributed by atoms with Crippen molar-refractivity contribution in [3.63, 3.8) is 0 Å². The number of nitro groups is 1. The summed E-state index contributed by atoms with van der Waals surface area (Å²) in [4.78, 5) is 14.2. The lowest BCUT2D eigenvalue weighted by atomic mass is 9.98. The van der Waals surface area contributed by atoms with Crippen LogP contribution in [0, 0.1) is 10.1 Å². The summed E-state index contributed by atoms with van der Waals surface area (Å²) in [5, 5.41) is 13.8. The van der Waals surface area contributed by atoms with Crippen molar-refractivity contribution < 1.29 is 9.66 Å². The Morgan fingerprint density at radius 2 is 2.15 bits per heavy atom. The van der Waals surface area contributed by atoms with Crippen molar-refractivity contribution in [3.05, 3.63) is 27.4 Å². The van der Waals surface area contributed by atoms with E-state index in [1.165, 1.54) is 31.4 Å². The smallest absolute Gasteiger partial charge is 0.276 e. The Bertz CT molecular complexity index is 464. The molecule has 1 aliphatic carbocycles. The molecule has 0 aliphatic heterocycles. The lowest BCUT2D eigenvalue weighted by molar-refractivity contribution is -0.384. The van der Waals surface area contributed by atoms with Gasteiger partial charge in [-0.3, -0.25) is 10.1 Å². The molecule has 1 aliphatic rings. The van der Waals surface area contributed by atoms with E-state index in [4.69, 9.17) is 16.3 Å². The fourth-order valence-corrected chi connectivity index (χ4v) is 2.52.